The molecule has 0 aliphatic carbocycles. The van der Waals surface area contributed by atoms with E-state index in [2.05, 4.69) is 15.3 Å². The van der Waals surface area contributed by atoms with Crippen LogP contribution in [-0.2, 0) is 20.7 Å². The topological polar surface area (TPSA) is 90.4 Å². The number of hydrogen-bond acceptors (Lipinski definition) is 7. The summed E-state index contributed by atoms with van der Waals surface area (Å²) in [4.78, 5) is 33.0. The third-order valence-electron chi connectivity index (χ3n) is 4.54. The van der Waals surface area contributed by atoms with Gasteiger partial charge in [-0.1, -0.05) is 41.4 Å². The molecular formula is C23H21Cl2N3O4. The first-order valence-electron chi connectivity index (χ1n) is 9.77. The Bertz CT molecular complexity index is 1130. The fourth-order valence-corrected chi connectivity index (χ4v) is 3.62. The predicted molar refractivity (Wildman–Crippen MR) is 124 cm³/mol. The zero-order valence-electron chi connectivity index (χ0n) is 17.7. The first kappa shape index (κ1) is 23.5. The van der Waals surface area contributed by atoms with Crippen LogP contribution in [0.2, 0.25) is 10.0 Å². The number of nitrogens with one attached hydrogen (secondary N) is 1. The number of carbonyl (C=O) groups excluding carboxylic acids is 2. The number of ether oxygens (including phenoxy) is 2. The molecule has 0 unspecified atom stereocenters. The quantitative estimate of drug-likeness (QED) is 0.459. The van der Waals surface area contributed by atoms with Crippen LogP contribution in [0.4, 0.5) is 11.5 Å². The van der Waals surface area contributed by atoms with Gasteiger partial charge in [0.05, 0.1) is 41.4 Å². The van der Waals surface area contributed by atoms with Crippen molar-refractivity contribution in [2.45, 2.75) is 20.3 Å². The summed E-state index contributed by atoms with van der Waals surface area (Å²) in [5.41, 5.74) is 2.50. The third kappa shape index (κ3) is 5.36. The van der Waals surface area contributed by atoms with Crippen molar-refractivity contribution in [3.8, 4) is 11.4 Å². The zero-order chi connectivity index (χ0) is 23.3. The maximum atomic E-state index is 12.4. The van der Waals surface area contributed by atoms with Crippen molar-refractivity contribution in [3.63, 3.8) is 0 Å². The highest BCUT2D eigenvalue weighted by atomic mass is 35.5. The molecule has 32 heavy (non-hydrogen) atoms. The van der Waals surface area contributed by atoms with Crippen LogP contribution < -0.4 is 5.32 Å². The van der Waals surface area contributed by atoms with E-state index in [0.29, 0.717) is 33.6 Å². The Morgan fingerprint density at radius 3 is 2.28 bits per heavy atom. The van der Waals surface area contributed by atoms with Crippen LogP contribution in [-0.4, -0.2) is 35.6 Å². The van der Waals surface area contributed by atoms with E-state index in [4.69, 9.17) is 32.7 Å². The summed E-state index contributed by atoms with van der Waals surface area (Å²) >= 11 is 12.7. The molecule has 1 aromatic heterocycles. The minimum absolute atomic E-state index is 0.170. The van der Waals surface area contributed by atoms with Crippen molar-refractivity contribution < 1.29 is 19.1 Å². The van der Waals surface area contributed by atoms with Crippen molar-refractivity contribution in [2.24, 2.45) is 0 Å². The van der Waals surface area contributed by atoms with Gasteiger partial charge in [0, 0.05) is 5.69 Å². The molecule has 7 nitrogen and oxygen atoms in total. The molecule has 0 saturated heterocycles. The van der Waals surface area contributed by atoms with Gasteiger partial charge >= 0.3 is 11.9 Å². The van der Waals surface area contributed by atoms with Gasteiger partial charge in [-0.05, 0) is 43.7 Å². The number of aryl methyl sites for hydroxylation is 1. The normalized spacial score (nSPS) is 10.5. The molecule has 0 aliphatic heterocycles. The summed E-state index contributed by atoms with van der Waals surface area (Å²) in [5, 5.41) is 3.90. The number of anilines is 2. The number of methoxy groups -OCH3 is 1. The molecule has 0 spiro atoms. The Morgan fingerprint density at radius 2 is 1.69 bits per heavy atom. The largest absolute Gasteiger partial charge is 0.466 e. The van der Waals surface area contributed by atoms with Crippen molar-refractivity contribution in [2.75, 3.05) is 19.0 Å². The van der Waals surface area contributed by atoms with Gasteiger partial charge in [-0.3, -0.25) is 4.79 Å². The third-order valence-corrected chi connectivity index (χ3v) is 5.17. The molecular weight excluding hydrogens is 453 g/mol. The average molecular weight is 474 g/mol. The fourth-order valence-electron chi connectivity index (χ4n) is 3.05. The predicted octanol–water partition coefficient (Wildman–Crippen LogP) is 5.39. The number of rotatable bonds is 7. The molecule has 0 radical (unpaired) electrons. The Hall–Kier alpha value is -3.16. The lowest BCUT2D eigenvalue weighted by molar-refractivity contribution is -0.142. The summed E-state index contributed by atoms with van der Waals surface area (Å²) in [6.45, 7) is 3.77. The summed E-state index contributed by atoms with van der Waals surface area (Å²) in [7, 11) is 1.29. The van der Waals surface area contributed by atoms with Gasteiger partial charge in [0.25, 0.3) is 0 Å². The van der Waals surface area contributed by atoms with Crippen LogP contribution >= 0.6 is 23.2 Å². The van der Waals surface area contributed by atoms with Crippen LogP contribution in [0.25, 0.3) is 11.4 Å². The average Bonchev–Trinajstić information content (AvgIpc) is 2.74. The highest BCUT2D eigenvalue weighted by molar-refractivity contribution is 6.39. The monoisotopic (exact) mass is 473 g/mol. The van der Waals surface area contributed by atoms with Crippen molar-refractivity contribution in [3.05, 3.63) is 69.3 Å². The van der Waals surface area contributed by atoms with E-state index in [1.54, 1.807) is 56.3 Å². The van der Waals surface area contributed by atoms with E-state index in [0.717, 1.165) is 5.56 Å². The lowest BCUT2D eigenvalue weighted by Gasteiger charge is -2.15. The SMILES string of the molecule is CCOC(=O)Cc1ccc(Nc2nc(-c3c(Cl)cccc3Cl)nc(C)c2C(=O)OC)cc1. The molecule has 2 aromatic carbocycles. The molecule has 0 atom stereocenters. The van der Waals surface area contributed by atoms with Gasteiger partial charge < -0.3 is 14.8 Å². The fraction of sp³-hybridized carbons (Fsp3) is 0.217. The molecule has 3 aromatic rings. The maximum Gasteiger partial charge on any atom is 0.343 e. The Morgan fingerprint density at radius 1 is 1.03 bits per heavy atom. The number of esters is 2. The molecule has 3 rings (SSSR count). The van der Waals surface area contributed by atoms with Gasteiger partial charge in [-0.25, -0.2) is 14.8 Å². The number of nitrogens with zero attached hydrogens (tertiary/aromatic N) is 2. The molecule has 0 bridgehead atoms. The Labute approximate surface area is 195 Å². The number of halogens is 2. The van der Waals surface area contributed by atoms with Crippen LogP contribution in [0.5, 0.6) is 0 Å². The molecule has 1 N–H and O–H groups in total. The maximum absolute atomic E-state index is 12.4. The second-order valence-corrected chi connectivity index (χ2v) is 7.56. The molecule has 0 saturated carbocycles. The van der Waals surface area contributed by atoms with E-state index in [1.165, 1.54) is 7.11 Å². The number of carbonyl (C=O) groups is 2. The van der Waals surface area contributed by atoms with Crippen molar-refractivity contribution >= 4 is 46.6 Å². The lowest BCUT2D eigenvalue weighted by Crippen LogP contribution is -2.12. The van der Waals surface area contributed by atoms with Crippen molar-refractivity contribution in [1.29, 1.82) is 0 Å². The Balaban J connectivity index is 1.99. The van der Waals surface area contributed by atoms with E-state index in [9.17, 15) is 9.59 Å². The van der Waals surface area contributed by atoms with E-state index in [-0.39, 0.29) is 29.6 Å². The molecule has 0 aliphatic rings. The van der Waals surface area contributed by atoms with Gasteiger partial charge in [0.15, 0.2) is 5.82 Å². The number of benzene rings is 2. The Kier molecular flexibility index (Phi) is 7.66. The van der Waals surface area contributed by atoms with E-state index in [1.807, 2.05) is 0 Å². The van der Waals surface area contributed by atoms with Gasteiger partial charge in [-0.15, -0.1) is 0 Å². The minimum Gasteiger partial charge on any atom is -0.466 e. The highest BCUT2D eigenvalue weighted by Gasteiger charge is 2.22. The minimum atomic E-state index is -0.583. The van der Waals surface area contributed by atoms with Crippen LogP contribution in [0, 0.1) is 6.92 Å². The van der Waals surface area contributed by atoms with Gasteiger partial charge in [-0.2, -0.15) is 0 Å². The number of aromatic nitrogens is 2. The summed E-state index contributed by atoms with van der Waals surface area (Å²) in [5.74, 6) is -0.365. The first-order chi connectivity index (χ1) is 15.3. The standard InChI is InChI=1S/C23H21Cl2N3O4/c1-4-32-18(29)12-14-8-10-15(11-9-14)27-21-19(23(30)31-3)13(2)26-22(28-21)20-16(24)6-5-7-17(20)25/h5-11H,4,12H2,1-3H3,(H,26,27,28). The molecule has 0 fully saturated rings. The second kappa shape index (κ2) is 10.4. The van der Waals surface area contributed by atoms with Gasteiger partial charge in [0.1, 0.15) is 11.4 Å². The van der Waals surface area contributed by atoms with Crippen LogP contribution in [0.15, 0.2) is 42.5 Å². The first-order valence-corrected chi connectivity index (χ1v) is 10.5. The second-order valence-electron chi connectivity index (χ2n) is 6.75. The molecule has 166 valence electrons. The van der Waals surface area contributed by atoms with E-state index >= 15 is 0 Å². The molecule has 0 amide bonds. The highest BCUT2D eigenvalue weighted by Crippen LogP contribution is 2.34. The summed E-state index contributed by atoms with van der Waals surface area (Å²) < 4.78 is 9.88. The van der Waals surface area contributed by atoms with E-state index < -0.39 is 5.97 Å². The zero-order valence-corrected chi connectivity index (χ0v) is 19.3. The molecule has 1 heterocycles. The summed E-state index contributed by atoms with van der Waals surface area (Å²) in [6, 6.07) is 12.2. The summed E-state index contributed by atoms with van der Waals surface area (Å²) in [6.07, 6.45) is 0.170. The lowest BCUT2D eigenvalue weighted by atomic mass is 10.1. The van der Waals surface area contributed by atoms with Crippen LogP contribution in [0.1, 0.15) is 28.5 Å². The number of hydrogen-bond donors (Lipinski definition) is 1. The van der Waals surface area contributed by atoms with Crippen molar-refractivity contribution in [1.82, 2.24) is 9.97 Å². The smallest absolute Gasteiger partial charge is 0.343 e. The van der Waals surface area contributed by atoms with Crippen LogP contribution in [0.3, 0.4) is 0 Å². The molecule has 9 heteroatoms. The van der Waals surface area contributed by atoms with Gasteiger partial charge in [0.2, 0.25) is 0 Å².